The quantitative estimate of drug-likeness (QED) is 0.410. The van der Waals surface area contributed by atoms with Crippen LogP contribution in [0.3, 0.4) is 0 Å². The lowest BCUT2D eigenvalue weighted by Gasteiger charge is -1.85. The molecule has 0 saturated carbocycles. The smallest absolute Gasteiger partial charge is 0.282 e. The van der Waals surface area contributed by atoms with Gasteiger partial charge in [-0.1, -0.05) is 31.9 Å². The summed E-state index contributed by atoms with van der Waals surface area (Å²) in [6.45, 7) is 2.09. The SMILES string of the molecule is CCCC/C=C/C=C/S(=O)(=O)O. The fourth-order valence-electron chi connectivity index (χ4n) is 0.641. The molecular formula is C8H14O3S. The van der Waals surface area contributed by atoms with Crippen LogP contribution in [0.15, 0.2) is 23.6 Å². The van der Waals surface area contributed by atoms with Gasteiger partial charge in [0.05, 0.1) is 5.41 Å². The van der Waals surface area contributed by atoms with Gasteiger partial charge in [0.25, 0.3) is 10.1 Å². The molecule has 0 atom stereocenters. The van der Waals surface area contributed by atoms with E-state index in [0.717, 1.165) is 24.7 Å². The van der Waals surface area contributed by atoms with Crippen molar-refractivity contribution in [1.29, 1.82) is 0 Å². The Bertz CT molecular complexity index is 249. The van der Waals surface area contributed by atoms with Crippen molar-refractivity contribution < 1.29 is 13.0 Å². The zero-order valence-corrected chi connectivity index (χ0v) is 7.92. The molecule has 0 saturated heterocycles. The molecule has 0 bridgehead atoms. The third-order valence-corrected chi connectivity index (χ3v) is 1.72. The third kappa shape index (κ3) is 9.39. The van der Waals surface area contributed by atoms with Crippen molar-refractivity contribution >= 4 is 10.1 Å². The van der Waals surface area contributed by atoms with Crippen LogP contribution >= 0.6 is 0 Å². The second-order valence-electron chi connectivity index (χ2n) is 2.41. The molecule has 1 N–H and O–H groups in total. The van der Waals surface area contributed by atoms with Gasteiger partial charge in [-0.05, 0) is 12.5 Å². The molecule has 0 amide bonds. The zero-order valence-electron chi connectivity index (χ0n) is 7.10. The van der Waals surface area contributed by atoms with Crippen LogP contribution in [-0.4, -0.2) is 13.0 Å². The second-order valence-corrected chi connectivity index (χ2v) is 3.72. The minimum Gasteiger partial charge on any atom is -0.282 e. The van der Waals surface area contributed by atoms with Gasteiger partial charge in [-0.25, -0.2) is 0 Å². The first kappa shape index (κ1) is 11.4. The third-order valence-electron chi connectivity index (χ3n) is 1.22. The molecule has 0 fully saturated rings. The molecule has 0 heterocycles. The van der Waals surface area contributed by atoms with Crippen LogP contribution in [0.25, 0.3) is 0 Å². The highest BCUT2D eigenvalue weighted by atomic mass is 32.2. The highest BCUT2D eigenvalue weighted by molar-refractivity contribution is 7.88. The molecule has 0 rings (SSSR count). The van der Waals surface area contributed by atoms with Crippen LogP contribution in [0.4, 0.5) is 0 Å². The minimum absolute atomic E-state index is 0.759. The molecule has 0 aliphatic heterocycles. The molecule has 0 aromatic heterocycles. The number of hydrogen-bond donors (Lipinski definition) is 1. The minimum atomic E-state index is -3.95. The van der Waals surface area contributed by atoms with E-state index in [1.54, 1.807) is 6.08 Å². The largest absolute Gasteiger partial charge is 0.287 e. The molecule has 70 valence electrons. The van der Waals surface area contributed by atoms with Crippen LogP contribution in [0, 0.1) is 0 Å². The summed E-state index contributed by atoms with van der Waals surface area (Å²) >= 11 is 0. The highest BCUT2D eigenvalue weighted by Crippen LogP contribution is 1.95. The fraction of sp³-hybridized carbons (Fsp3) is 0.500. The van der Waals surface area contributed by atoms with Gasteiger partial charge < -0.3 is 0 Å². The van der Waals surface area contributed by atoms with E-state index < -0.39 is 10.1 Å². The van der Waals surface area contributed by atoms with E-state index in [0.29, 0.717) is 0 Å². The Morgan fingerprint density at radius 3 is 2.50 bits per heavy atom. The van der Waals surface area contributed by atoms with Crippen molar-refractivity contribution in [2.24, 2.45) is 0 Å². The average molecular weight is 190 g/mol. The standard InChI is InChI=1S/C8H14O3S/c1-2-3-4-5-6-7-8-12(9,10)11/h5-8H,2-4H2,1H3,(H,9,10,11)/b6-5+,8-7+. The van der Waals surface area contributed by atoms with Crippen LogP contribution in [0.2, 0.25) is 0 Å². The van der Waals surface area contributed by atoms with E-state index in [1.807, 2.05) is 6.08 Å². The fourth-order valence-corrected chi connectivity index (χ4v) is 0.931. The zero-order chi connectivity index (χ0) is 9.45. The van der Waals surface area contributed by atoms with Crippen molar-refractivity contribution in [1.82, 2.24) is 0 Å². The maximum absolute atomic E-state index is 10.2. The Labute approximate surface area is 73.5 Å². The van der Waals surface area contributed by atoms with E-state index in [-0.39, 0.29) is 0 Å². The van der Waals surface area contributed by atoms with Crippen LogP contribution < -0.4 is 0 Å². The second kappa shape index (κ2) is 5.97. The van der Waals surface area contributed by atoms with E-state index >= 15 is 0 Å². The Kier molecular flexibility index (Phi) is 5.66. The molecule has 0 radical (unpaired) electrons. The molecular weight excluding hydrogens is 176 g/mol. The van der Waals surface area contributed by atoms with Gasteiger partial charge in [0.1, 0.15) is 0 Å². The number of unbranched alkanes of at least 4 members (excludes halogenated alkanes) is 2. The molecule has 0 aliphatic rings. The lowest BCUT2D eigenvalue weighted by atomic mass is 10.2. The summed E-state index contributed by atoms with van der Waals surface area (Å²) in [6.07, 6.45) is 7.94. The number of allylic oxidation sites excluding steroid dienone is 3. The van der Waals surface area contributed by atoms with Gasteiger partial charge in [0.15, 0.2) is 0 Å². The van der Waals surface area contributed by atoms with Crippen LogP contribution in [-0.2, 0) is 10.1 Å². The lowest BCUT2D eigenvalue weighted by Crippen LogP contribution is -1.87. The summed E-state index contributed by atoms with van der Waals surface area (Å²) in [7, 11) is -3.95. The van der Waals surface area contributed by atoms with Crippen molar-refractivity contribution in [3.05, 3.63) is 23.6 Å². The Hall–Kier alpha value is -0.610. The molecule has 0 aliphatic carbocycles. The first-order valence-electron chi connectivity index (χ1n) is 3.87. The van der Waals surface area contributed by atoms with Gasteiger partial charge in [-0.3, -0.25) is 4.55 Å². The van der Waals surface area contributed by atoms with Gasteiger partial charge in [0.2, 0.25) is 0 Å². The van der Waals surface area contributed by atoms with Gasteiger partial charge in [-0.15, -0.1) is 0 Å². The maximum Gasteiger partial charge on any atom is 0.287 e. The van der Waals surface area contributed by atoms with Gasteiger partial charge in [0, 0.05) is 0 Å². The van der Waals surface area contributed by atoms with E-state index in [4.69, 9.17) is 4.55 Å². The lowest BCUT2D eigenvalue weighted by molar-refractivity contribution is 0.494. The number of rotatable bonds is 5. The maximum atomic E-state index is 10.2. The molecule has 0 aromatic carbocycles. The summed E-state index contributed by atoms with van der Waals surface area (Å²) < 4.78 is 28.6. The molecule has 4 heteroatoms. The normalized spacial score (nSPS) is 13.2. The summed E-state index contributed by atoms with van der Waals surface area (Å²) in [5.74, 6) is 0. The first-order valence-corrected chi connectivity index (χ1v) is 5.37. The molecule has 0 spiro atoms. The predicted molar refractivity (Wildman–Crippen MR) is 49.4 cm³/mol. The topological polar surface area (TPSA) is 54.4 Å². The Morgan fingerprint density at radius 1 is 1.33 bits per heavy atom. The predicted octanol–water partition coefficient (Wildman–Crippen LogP) is 2.13. The molecule has 0 unspecified atom stereocenters. The molecule has 3 nitrogen and oxygen atoms in total. The highest BCUT2D eigenvalue weighted by Gasteiger charge is 1.91. The van der Waals surface area contributed by atoms with Gasteiger partial charge >= 0.3 is 0 Å². The molecule has 0 aromatic rings. The van der Waals surface area contributed by atoms with Crippen LogP contribution in [0.5, 0.6) is 0 Å². The monoisotopic (exact) mass is 190 g/mol. The van der Waals surface area contributed by atoms with E-state index in [1.165, 1.54) is 6.08 Å². The van der Waals surface area contributed by atoms with Crippen molar-refractivity contribution in [3.8, 4) is 0 Å². The summed E-state index contributed by atoms with van der Waals surface area (Å²) in [5, 5.41) is 0.759. The van der Waals surface area contributed by atoms with Gasteiger partial charge in [-0.2, -0.15) is 8.42 Å². The average Bonchev–Trinajstić information content (AvgIpc) is 1.94. The number of hydrogen-bond acceptors (Lipinski definition) is 2. The van der Waals surface area contributed by atoms with E-state index in [2.05, 4.69) is 6.92 Å². The molecule has 12 heavy (non-hydrogen) atoms. The summed E-state index contributed by atoms with van der Waals surface area (Å²) in [6, 6.07) is 0. The Morgan fingerprint density at radius 2 is 2.00 bits per heavy atom. The van der Waals surface area contributed by atoms with E-state index in [9.17, 15) is 8.42 Å². The van der Waals surface area contributed by atoms with Crippen molar-refractivity contribution in [2.45, 2.75) is 26.2 Å². The summed E-state index contributed by atoms with van der Waals surface area (Å²) in [4.78, 5) is 0. The summed E-state index contributed by atoms with van der Waals surface area (Å²) in [5.41, 5.74) is 0. The van der Waals surface area contributed by atoms with Crippen molar-refractivity contribution in [2.75, 3.05) is 0 Å². The van der Waals surface area contributed by atoms with Crippen molar-refractivity contribution in [3.63, 3.8) is 0 Å². The van der Waals surface area contributed by atoms with Crippen LogP contribution in [0.1, 0.15) is 26.2 Å². The Balaban J connectivity index is 3.68. The first-order chi connectivity index (χ1) is 5.56.